The van der Waals surface area contributed by atoms with Gasteiger partial charge in [-0.15, -0.1) is 0 Å². The van der Waals surface area contributed by atoms with Gasteiger partial charge >= 0.3 is 0 Å². The second-order valence-electron chi connectivity index (χ2n) is 5.86. The van der Waals surface area contributed by atoms with Crippen LogP contribution in [0.5, 0.6) is 5.75 Å². The number of hydrogen-bond donors (Lipinski definition) is 1. The lowest BCUT2D eigenvalue weighted by atomic mass is 10.1. The number of aliphatic hydroxyl groups is 1. The highest BCUT2D eigenvalue weighted by atomic mass is 16.5. The number of imidazole rings is 1. The lowest BCUT2D eigenvalue weighted by Crippen LogP contribution is -2.23. The van der Waals surface area contributed by atoms with Gasteiger partial charge in [-0.05, 0) is 48.7 Å². The first kappa shape index (κ1) is 15.6. The summed E-state index contributed by atoms with van der Waals surface area (Å²) in [6, 6.07) is 14.1. The molecule has 23 heavy (non-hydrogen) atoms. The average molecular weight is 310 g/mol. The van der Waals surface area contributed by atoms with Crippen molar-refractivity contribution in [3.8, 4) is 5.75 Å². The van der Waals surface area contributed by atoms with Gasteiger partial charge in [0.25, 0.3) is 0 Å². The first-order chi connectivity index (χ1) is 11.2. The predicted molar refractivity (Wildman–Crippen MR) is 91.8 cm³/mol. The highest BCUT2D eigenvalue weighted by Crippen LogP contribution is 2.18. The Labute approximate surface area is 136 Å². The van der Waals surface area contributed by atoms with Crippen LogP contribution in [-0.4, -0.2) is 27.4 Å². The highest BCUT2D eigenvalue weighted by molar-refractivity contribution is 5.74. The van der Waals surface area contributed by atoms with E-state index in [1.165, 1.54) is 11.1 Å². The minimum Gasteiger partial charge on any atom is -0.491 e. The van der Waals surface area contributed by atoms with Gasteiger partial charge in [0.05, 0.1) is 23.9 Å². The molecule has 0 bridgehead atoms. The Balaban J connectivity index is 1.63. The molecule has 2 aromatic carbocycles. The number of benzene rings is 2. The number of para-hydroxylation sites is 2. The summed E-state index contributed by atoms with van der Waals surface area (Å²) in [5, 5.41) is 10.3. The molecule has 0 aliphatic carbocycles. The molecule has 3 aromatic rings. The zero-order valence-corrected chi connectivity index (χ0v) is 13.6. The second kappa shape index (κ2) is 6.84. The normalized spacial score (nSPS) is 12.5. The van der Waals surface area contributed by atoms with Crippen LogP contribution < -0.4 is 4.74 Å². The summed E-state index contributed by atoms with van der Waals surface area (Å²) in [5.41, 5.74) is 4.38. The Bertz CT molecular complexity index is 795. The fraction of sp³-hybridized carbons (Fsp3) is 0.316. The van der Waals surface area contributed by atoms with Crippen LogP contribution in [0.1, 0.15) is 18.1 Å². The van der Waals surface area contributed by atoms with E-state index in [0.717, 1.165) is 23.2 Å². The van der Waals surface area contributed by atoms with Crippen LogP contribution in [0.2, 0.25) is 0 Å². The molecule has 4 nitrogen and oxygen atoms in total. The van der Waals surface area contributed by atoms with Crippen molar-refractivity contribution in [3.63, 3.8) is 0 Å². The van der Waals surface area contributed by atoms with Gasteiger partial charge in [-0.1, -0.05) is 25.1 Å². The number of nitrogens with zero attached hydrogens (tertiary/aromatic N) is 2. The summed E-state index contributed by atoms with van der Waals surface area (Å²) < 4.78 is 7.72. The quantitative estimate of drug-likeness (QED) is 0.759. The number of rotatable bonds is 6. The molecule has 0 radical (unpaired) electrons. The highest BCUT2D eigenvalue weighted by Gasteiger charge is 2.10. The van der Waals surface area contributed by atoms with E-state index in [9.17, 15) is 5.11 Å². The maximum absolute atomic E-state index is 10.3. The molecule has 0 saturated carbocycles. The van der Waals surface area contributed by atoms with Gasteiger partial charge in [0, 0.05) is 0 Å². The van der Waals surface area contributed by atoms with E-state index in [2.05, 4.69) is 24.9 Å². The standard InChI is InChI=1S/C19H22N2O2/c1-3-15-8-14(2)9-17(10-15)23-12-16(22)11-21-13-20-18-6-4-5-7-19(18)21/h4-10,13,16,22H,3,11-12H2,1-2H3/t16-/m0/s1. The zero-order chi connectivity index (χ0) is 16.2. The van der Waals surface area contributed by atoms with Crippen molar-refractivity contribution in [2.45, 2.75) is 32.9 Å². The van der Waals surface area contributed by atoms with Crippen molar-refractivity contribution >= 4 is 11.0 Å². The molecular weight excluding hydrogens is 288 g/mol. The first-order valence-electron chi connectivity index (χ1n) is 7.97. The van der Waals surface area contributed by atoms with Gasteiger partial charge in [-0.25, -0.2) is 4.98 Å². The maximum Gasteiger partial charge on any atom is 0.119 e. The monoisotopic (exact) mass is 310 g/mol. The summed E-state index contributed by atoms with van der Waals surface area (Å²) >= 11 is 0. The van der Waals surface area contributed by atoms with E-state index < -0.39 is 6.10 Å². The molecule has 120 valence electrons. The molecule has 1 aromatic heterocycles. The lowest BCUT2D eigenvalue weighted by molar-refractivity contribution is 0.0933. The molecule has 1 heterocycles. The third-order valence-corrected chi connectivity index (χ3v) is 3.90. The molecular formula is C19H22N2O2. The third kappa shape index (κ3) is 3.71. The SMILES string of the molecule is CCc1cc(C)cc(OC[C@@H](O)Cn2cnc3ccccc32)c1. The number of aromatic nitrogens is 2. The van der Waals surface area contributed by atoms with Crippen molar-refractivity contribution < 1.29 is 9.84 Å². The van der Waals surface area contributed by atoms with Gasteiger partial charge in [0.2, 0.25) is 0 Å². The Morgan fingerprint density at radius 3 is 2.87 bits per heavy atom. The van der Waals surface area contributed by atoms with Crippen molar-refractivity contribution in [1.29, 1.82) is 0 Å². The Morgan fingerprint density at radius 2 is 2.04 bits per heavy atom. The van der Waals surface area contributed by atoms with E-state index in [4.69, 9.17) is 4.74 Å². The number of aliphatic hydroxyl groups excluding tert-OH is 1. The smallest absolute Gasteiger partial charge is 0.119 e. The van der Waals surface area contributed by atoms with Crippen molar-refractivity contribution in [3.05, 3.63) is 59.9 Å². The minimum absolute atomic E-state index is 0.263. The van der Waals surface area contributed by atoms with E-state index >= 15 is 0 Å². The molecule has 0 fully saturated rings. The fourth-order valence-electron chi connectivity index (χ4n) is 2.74. The van der Waals surface area contributed by atoms with Gasteiger partial charge in [-0.3, -0.25) is 0 Å². The van der Waals surface area contributed by atoms with Crippen LogP contribution in [0.25, 0.3) is 11.0 Å². The summed E-state index contributed by atoms with van der Waals surface area (Å²) in [6.07, 6.45) is 2.15. The number of hydrogen-bond acceptors (Lipinski definition) is 3. The van der Waals surface area contributed by atoms with Crippen LogP contribution in [0.4, 0.5) is 0 Å². The third-order valence-electron chi connectivity index (χ3n) is 3.90. The Morgan fingerprint density at radius 1 is 1.22 bits per heavy atom. The number of fused-ring (bicyclic) bond motifs is 1. The predicted octanol–water partition coefficient (Wildman–Crippen LogP) is 3.35. The van der Waals surface area contributed by atoms with E-state index in [1.54, 1.807) is 6.33 Å². The summed E-state index contributed by atoms with van der Waals surface area (Å²) in [7, 11) is 0. The molecule has 4 heteroatoms. The van der Waals surface area contributed by atoms with Crippen LogP contribution in [0.15, 0.2) is 48.8 Å². The Hall–Kier alpha value is -2.33. The molecule has 0 amide bonds. The van der Waals surface area contributed by atoms with Crippen LogP contribution >= 0.6 is 0 Å². The van der Waals surface area contributed by atoms with E-state index in [0.29, 0.717) is 6.54 Å². The van der Waals surface area contributed by atoms with E-state index in [-0.39, 0.29) is 6.61 Å². The van der Waals surface area contributed by atoms with Gasteiger partial charge in [-0.2, -0.15) is 0 Å². The molecule has 3 rings (SSSR count). The van der Waals surface area contributed by atoms with Gasteiger partial charge < -0.3 is 14.4 Å². The molecule has 0 aliphatic rings. The van der Waals surface area contributed by atoms with Crippen LogP contribution in [-0.2, 0) is 13.0 Å². The van der Waals surface area contributed by atoms with Crippen molar-refractivity contribution in [1.82, 2.24) is 9.55 Å². The number of aryl methyl sites for hydroxylation is 2. The molecule has 0 unspecified atom stereocenters. The largest absolute Gasteiger partial charge is 0.491 e. The summed E-state index contributed by atoms with van der Waals surface area (Å²) in [4.78, 5) is 4.34. The van der Waals surface area contributed by atoms with Crippen LogP contribution in [0.3, 0.4) is 0 Å². The minimum atomic E-state index is -0.585. The molecule has 0 saturated heterocycles. The summed E-state index contributed by atoms with van der Waals surface area (Å²) in [5.74, 6) is 0.816. The zero-order valence-electron chi connectivity index (χ0n) is 13.6. The Kier molecular flexibility index (Phi) is 4.63. The number of ether oxygens (including phenoxy) is 1. The van der Waals surface area contributed by atoms with Crippen LogP contribution in [0, 0.1) is 6.92 Å². The second-order valence-corrected chi connectivity index (χ2v) is 5.86. The van der Waals surface area contributed by atoms with Gasteiger partial charge in [0.1, 0.15) is 18.5 Å². The molecule has 1 atom stereocenters. The molecule has 0 spiro atoms. The lowest BCUT2D eigenvalue weighted by Gasteiger charge is -2.14. The summed E-state index contributed by atoms with van der Waals surface area (Å²) in [6.45, 7) is 4.91. The first-order valence-corrected chi connectivity index (χ1v) is 7.97. The molecule has 1 N–H and O–H groups in total. The van der Waals surface area contributed by atoms with Crippen molar-refractivity contribution in [2.75, 3.05) is 6.61 Å². The maximum atomic E-state index is 10.3. The van der Waals surface area contributed by atoms with Gasteiger partial charge in [0.15, 0.2) is 0 Å². The van der Waals surface area contributed by atoms with Crippen molar-refractivity contribution in [2.24, 2.45) is 0 Å². The topological polar surface area (TPSA) is 47.3 Å². The average Bonchev–Trinajstić information content (AvgIpc) is 2.95. The van der Waals surface area contributed by atoms with E-state index in [1.807, 2.05) is 41.0 Å². The molecule has 0 aliphatic heterocycles. The fourth-order valence-corrected chi connectivity index (χ4v) is 2.74.